The first kappa shape index (κ1) is 17.4. The van der Waals surface area contributed by atoms with E-state index in [0.29, 0.717) is 10.6 Å². The van der Waals surface area contributed by atoms with Crippen molar-refractivity contribution in [1.29, 1.82) is 0 Å². The lowest BCUT2D eigenvalue weighted by molar-refractivity contribution is 0.600. The zero-order valence-electron chi connectivity index (χ0n) is 15.3. The normalized spacial score (nSPS) is 13.2. The highest BCUT2D eigenvalue weighted by Crippen LogP contribution is 2.35. The second-order valence-electron chi connectivity index (χ2n) is 6.99. The van der Waals surface area contributed by atoms with Crippen molar-refractivity contribution < 1.29 is 8.42 Å². The van der Waals surface area contributed by atoms with Gasteiger partial charge in [0.05, 0.1) is 15.6 Å². The largest absolute Gasteiger partial charge is 0.280 e. The lowest BCUT2D eigenvalue weighted by Gasteiger charge is -2.12. The molecule has 1 heterocycles. The lowest BCUT2D eigenvalue weighted by Crippen LogP contribution is -2.14. The van der Waals surface area contributed by atoms with Gasteiger partial charge in [-0.05, 0) is 59.9 Å². The molecule has 5 rings (SSSR count). The molecule has 6 heteroatoms. The molecular formula is C22H18N2O2S2. The van der Waals surface area contributed by atoms with Crippen LogP contribution in [0.2, 0.25) is 0 Å². The number of nitrogens with one attached hydrogen (secondary N) is 1. The van der Waals surface area contributed by atoms with E-state index in [9.17, 15) is 8.42 Å². The predicted octanol–water partition coefficient (Wildman–Crippen LogP) is 5.17. The molecular weight excluding hydrogens is 388 g/mol. The van der Waals surface area contributed by atoms with E-state index in [0.717, 1.165) is 45.4 Å². The summed E-state index contributed by atoms with van der Waals surface area (Å²) in [6, 6.07) is 17.1. The Hall–Kier alpha value is -2.70. The number of rotatable bonds is 4. The van der Waals surface area contributed by atoms with Crippen LogP contribution in [0.4, 0.5) is 5.69 Å². The smallest absolute Gasteiger partial charge is 0.262 e. The molecule has 0 amide bonds. The molecule has 0 fully saturated rings. The molecule has 0 atom stereocenters. The van der Waals surface area contributed by atoms with Crippen molar-refractivity contribution in [3.8, 4) is 11.3 Å². The van der Waals surface area contributed by atoms with Crippen LogP contribution >= 0.6 is 11.3 Å². The number of anilines is 1. The van der Waals surface area contributed by atoms with Crippen LogP contribution < -0.4 is 4.72 Å². The summed E-state index contributed by atoms with van der Waals surface area (Å²) in [5.41, 5.74) is 4.59. The van der Waals surface area contributed by atoms with E-state index in [1.165, 1.54) is 5.56 Å². The van der Waals surface area contributed by atoms with Crippen LogP contribution in [0.3, 0.4) is 0 Å². The molecule has 140 valence electrons. The summed E-state index contributed by atoms with van der Waals surface area (Å²) in [7, 11) is -3.65. The molecule has 1 aliphatic rings. The molecule has 1 N–H and O–H groups in total. The van der Waals surface area contributed by atoms with E-state index >= 15 is 0 Å². The van der Waals surface area contributed by atoms with Gasteiger partial charge in [0.1, 0.15) is 0 Å². The van der Waals surface area contributed by atoms with Gasteiger partial charge in [0, 0.05) is 16.6 Å². The molecule has 0 bridgehead atoms. The Morgan fingerprint density at radius 3 is 2.57 bits per heavy atom. The molecule has 3 aromatic carbocycles. The van der Waals surface area contributed by atoms with Gasteiger partial charge in [0.2, 0.25) is 0 Å². The highest BCUT2D eigenvalue weighted by atomic mass is 32.2. The molecule has 4 nitrogen and oxygen atoms in total. The van der Waals surface area contributed by atoms with Gasteiger partial charge in [0.25, 0.3) is 10.0 Å². The summed E-state index contributed by atoms with van der Waals surface area (Å²) in [4.78, 5) is 4.85. The minimum atomic E-state index is -3.65. The molecule has 1 aliphatic carbocycles. The summed E-state index contributed by atoms with van der Waals surface area (Å²) >= 11 is 1.60. The SMILES string of the molecule is Cc1nc(-c2ccc(NS(=O)(=O)c3ccc4cccc5c4c3CC5)cc2)cs1. The van der Waals surface area contributed by atoms with E-state index < -0.39 is 10.0 Å². The Balaban J connectivity index is 1.48. The maximum absolute atomic E-state index is 13.1. The Morgan fingerprint density at radius 2 is 1.82 bits per heavy atom. The average Bonchev–Trinajstić information content (AvgIpc) is 3.30. The second-order valence-corrected chi connectivity index (χ2v) is 9.71. The topological polar surface area (TPSA) is 59.1 Å². The molecule has 4 aromatic rings. The second kappa shape index (κ2) is 6.43. The maximum atomic E-state index is 13.1. The van der Waals surface area contributed by atoms with Gasteiger partial charge >= 0.3 is 0 Å². The van der Waals surface area contributed by atoms with E-state index in [1.807, 2.05) is 42.6 Å². The number of benzene rings is 3. The number of aryl methyl sites for hydroxylation is 3. The number of thiazole rings is 1. The molecule has 0 saturated carbocycles. The number of hydrogen-bond donors (Lipinski definition) is 1. The Labute approximate surface area is 167 Å². The first-order chi connectivity index (χ1) is 13.5. The van der Waals surface area contributed by atoms with Crippen LogP contribution in [0.25, 0.3) is 22.0 Å². The zero-order chi connectivity index (χ0) is 19.3. The molecule has 0 aliphatic heterocycles. The van der Waals surface area contributed by atoms with Gasteiger partial charge in [-0.2, -0.15) is 0 Å². The lowest BCUT2D eigenvalue weighted by atomic mass is 10.1. The van der Waals surface area contributed by atoms with E-state index in [2.05, 4.69) is 15.8 Å². The maximum Gasteiger partial charge on any atom is 0.262 e. The fourth-order valence-corrected chi connectivity index (χ4v) is 5.85. The molecule has 0 radical (unpaired) electrons. The van der Waals surface area contributed by atoms with Crippen LogP contribution in [-0.4, -0.2) is 13.4 Å². The van der Waals surface area contributed by atoms with Gasteiger partial charge in [-0.15, -0.1) is 11.3 Å². The van der Waals surface area contributed by atoms with Crippen LogP contribution in [0.5, 0.6) is 0 Å². The monoisotopic (exact) mass is 406 g/mol. The van der Waals surface area contributed by atoms with Crippen molar-refractivity contribution in [2.45, 2.75) is 24.7 Å². The first-order valence-corrected chi connectivity index (χ1v) is 11.5. The number of aromatic nitrogens is 1. The molecule has 0 spiro atoms. The van der Waals surface area contributed by atoms with E-state index in [4.69, 9.17) is 0 Å². The van der Waals surface area contributed by atoms with Crippen LogP contribution in [0.15, 0.2) is 64.9 Å². The van der Waals surface area contributed by atoms with Crippen molar-refractivity contribution in [3.63, 3.8) is 0 Å². The predicted molar refractivity (Wildman–Crippen MR) is 114 cm³/mol. The Kier molecular flexibility index (Phi) is 4.00. The van der Waals surface area contributed by atoms with Crippen molar-refractivity contribution in [2.24, 2.45) is 0 Å². The standard InChI is InChI=1S/C22H18N2O2S2/c1-14-23-20(13-27-14)15-5-9-18(10-6-15)24-28(25,26)21-12-8-17-4-2-3-16-7-11-19(21)22(16)17/h2-6,8-10,12-13,24H,7,11H2,1H3. The van der Waals surface area contributed by atoms with Crippen molar-refractivity contribution in [3.05, 3.63) is 76.1 Å². The molecule has 28 heavy (non-hydrogen) atoms. The van der Waals surface area contributed by atoms with Gasteiger partial charge in [-0.25, -0.2) is 13.4 Å². The summed E-state index contributed by atoms with van der Waals surface area (Å²) in [5.74, 6) is 0. The van der Waals surface area contributed by atoms with Crippen molar-refractivity contribution in [2.75, 3.05) is 4.72 Å². The van der Waals surface area contributed by atoms with E-state index in [1.54, 1.807) is 29.5 Å². The third kappa shape index (κ3) is 2.89. The molecule has 0 saturated heterocycles. The van der Waals surface area contributed by atoms with Crippen molar-refractivity contribution >= 4 is 37.8 Å². The minimum absolute atomic E-state index is 0.379. The minimum Gasteiger partial charge on any atom is -0.280 e. The van der Waals surface area contributed by atoms with Gasteiger partial charge in [-0.1, -0.05) is 36.4 Å². The van der Waals surface area contributed by atoms with Crippen LogP contribution in [0.1, 0.15) is 16.1 Å². The van der Waals surface area contributed by atoms with Gasteiger partial charge in [0.15, 0.2) is 0 Å². The highest BCUT2D eigenvalue weighted by molar-refractivity contribution is 7.92. The van der Waals surface area contributed by atoms with Crippen LogP contribution in [-0.2, 0) is 22.9 Å². The quantitative estimate of drug-likeness (QED) is 0.509. The van der Waals surface area contributed by atoms with Gasteiger partial charge in [-0.3, -0.25) is 4.72 Å². The summed E-state index contributed by atoms with van der Waals surface area (Å²) in [6.45, 7) is 1.97. The third-order valence-corrected chi connectivity index (χ3v) is 7.42. The first-order valence-electron chi connectivity index (χ1n) is 9.10. The molecule has 1 aromatic heterocycles. The summed E-state index contributed by atoms with van der Waals surface area (Å²) in [5, 5.41) is 5.21. The zero-order valence-corrected chi connectivity index (χ0v) is 16.9. The van der Waals surface area contributed by atoms with Crippen LogP contribution in [0, 0.1) is 6.92 Å². The molecule has 0 unspecified atom stereocenters. The Morgan fingerprint density at radius 1 is 1.00 bits per heavy atom. The summed E-state index contributed by atoms with van der Waals surface area (Å²) < 4.78 is 28.9. The third-order valence-electron chi connectivity index (χ3n) is 5.18. The number of sulfonamides is 1. The average molecular weight is 407 g/mol. The van der Waals surface area contributed by atoms with Gasteiger partial charge < -0.3 is 0 Å². The highest BCUT2D eigenvalue weighted by Gasteiger charge is 2.24. The Bertz CT molecular complexity index is 1310. The van der Waals surface area contributed by atoms with E-state index in [-0.39, 0.29) is 0 Å². The van der Waals surface area contributed by atoms with Crippen molar-refractivity contribution in [1.82, 2.24) is 4.98 Å². The fourth-order valence-electron chi connectivity index (χ4n) is 3.90. The fraction of sp³-hybridized carbons (Fsp3) is 0.136. The number of hydrogen-bond acceptors (Lipinski definition) is 4. The number of nitrogens with zero attached hydrogens (tertiary/aromatic N) is 1. The summed E-state index contributed by atoms with van der Waals surface area (Å²) in [6.07, 6.45) is 1.65.